The van der Waals surface area contributed by atoms with Gasteiger partial charge in [-0.2, -0.15) is 0 Å². The fourth-order valence-corrected chi connectivity index (χ4v) is 2.90. The molecule has 4 heteroatoms. The van der Waals surface area contributed by atoms with E-state index < -0.39 is 6.10 Å². The van der Waals surface area contributed by atoms with Crippen molar-refractivity contribution in [2.45, 2.75) is 19.4 Å². The van der Waals surface area contributed by atoms with Crippen molar-refractivity contribution in [2.24, 2.45) is 0 Å². The molecule has 0 saturated carbocycles. The predicted molar refractivity (Wildman–Crippen MR) is 86.3 cm³/mol. The highest BCUT2D eigenvalue weighted by atomic mass is 79.9. The van der Waals surface area contributed by atoms with Crippen LogP contribution in [0.4, 0.5) is 5.69 Å². The first kappa shape index (κ1) is 14.3. The van der Waals surface area contributed by atoms with Gasteiger partial charge >= 0.3 is 0 Å². The quantitative estimate of drug-likeness (QED) is 0.892. The standard InChI is InChI=1S/C17H16BrNO2/c1-11-6-7-13(18)10-15(11)19-17(20)16-14-5-3-2-4-12(14)8-9-21-16/h2-7,10,16H,8-9H2,1H3,(H,19,20). The number of ether oxygens (including phenoxy) is 1. The maximum atomic E-state index is 12.5. The van der Waals surface area contributed by atoms with Gasteiger partial charge in [0.05, 0.1) is 6.61 Å². The molecule has 0 saturated heterocycles. The molecule has 1 amide bonds. The number of halogens is 1. The summed E-state index contributed by atoms with van der Waals surface area (Å²) in [6, 6.07) is 13.8. The van der Waals surface area contributed by atoms with Gasteiger partial charge in [-0.15, -0.1) is 0 Å². The smallest absolute Gasteiger partial charge is 0.258 e. The molecule has 0 radical (unpaired) electrons. The van der Waals surface area contributed by atoms with Gasteiger partial charge in [-0.25, -0.2) is 0 Å². The fourth-order valence-electron chi connectivity index (χ4n) is 2.54. The van der Waals surface area contributed by atoms with Crippen molar-refractivity contribution in [2.75, 3.05) is 11.9 Å². The molecule has 0 aromatic heterocycles. The summed E-state index contributed by atoms with van der Waals surface area (Å²) >= 11 is 3.43. The van der Waals surface area contributed by atoms with Crippen molar-refractivity contribution < 1.29 is 9.53 Å². The van der Waals surface area contributed by atoms with Gasteiger partial charge in [0.25, 0.3) is 5.91 Å². The minimum Gasteiger partial charge on any atom is -0.363 e. The van der Waals surface area contributed by atoms with Crippen LogP contribution in [0.1, 0.15) is 22.8 Å². The summed E-state index contributed by atoms with van der Waals surface area (Å²) in [6.45, 7) is 2.55. The average molecular weight is 346 g/mol. The lowest BCUT2D eigenvalue weighted by atomic mass is 9.97. The highest BCUT2D eigenvalue weighted by Gasteiger charge is 2.27. The van der Waals surface area contributed by atoms with Crippen molar-refractivity contribution in [3.8, 4) is 0 Å². The number of hydrogen-bond acceptors (Lipinski definition) is 2. The van der Waals surface area contributed by atoms with E-state index in [0.29, 0.717) is 6.61 Å². The van der Waals surface area contributed by atoms with E-state index in [2.05, 4.69) is 27.3 Å². The molecule has 1 N–H and O–H groups in total. The van der Waals surface area contributed by atoms with Crippen LogP contribution in [0.3, 0.4) is 0 Å². The molecular formula is C17H16BrNO2. The summed E-state index contributed by atoms with van der Waals surface area (Å²) in [4.78, 5) is 12.5. The Labute approximate surface area is 132 Å². The summed E-state index contributed by atoms with van der Waals surface area (Å²) < 4.78 is 6.62. The molecule has 0 fully saturated rings. The lowest BCUT2D eigenvalue weighted by Crippen LogP contribution is -2.28. The monoisotopic (exact) mass is 345 g/mol. The van der Waals surface area contributed by atoms with Crippen LogP contribution in [0.2, 0.25) is 0 Å². The number of carbonyl (C=O) groups is 1. The third-order valence-electron chi connectivity index (χ3n) is 3.69. The largest absolute Gasteiger partial charge is 0.363 e. The SMILES string of the molecule is Cc1ccc(Br)cc1NC(=O)C1OCCc2ccccc21. The molecule has 1 unspecified atom stereocenters. The Hall–Kier alpha value is -1.65. The van der Waals surface area contributed by atoms with E-state index >= 15 is 0 Å². The van der Waals surface area contributed by atoms with Crippen molar-refractivity contribution in [3.63, 3.8) is 0 Å². The van der Waals surface area contributed by atoms with Crippen LogP contribution in [-0.2, 0) is 16.0 Å². The van der Waals surface area contributed by atoms with E-state index in [1.165, 1.54) is 5.56 Å². The number of nitrogens with one attached hydrogen (secondary N) is 1. The number of fused-ring (bicyclic) bond motifs is 1. The van der Waals surface area contributed by atoms with Gasteiger partial charge in [-0.05, 0) is 42.2 Å². The molecule has 0 bridgehead atoms. The Balaban J connectivity index is 1.85. The summed E-state index contributed by atoms with van der Waals surface area (Å²) in [7, 11) is 0. The molecule has 0 aliphatic carbocycles. The molecule has 2 aromatic carbocycles. The normalized spacial score (nSPS) is 17.1. The molecule has 1 aliphatic rings. The summed E-state index contributed by atoms with van der Waals surface area (Å²) in [5.41, 5.74) is 3.99. The number of benzene rings is 2. The summed E-state index contributed by atoms with van der Waals surface area (Å²) in [5.74, 6) is -0.122. The molecule has 0 spiro atoms. The van der Waals surface area contributed by atoms with Crippen LogP contribution in [-0.4, -0.2) is 12.5 Å². The number of anilines is 1. The van der Waals surface area contributed by atoms with Crippen LogP contribution >= 0.6 is 15.9 Å². The first-order valence-corrected chi connectivity index (χ1v) is 7.71. The molecular weight excluding hydrogens is 330 g/mol. The molecule has 3 nitrogen and oxygen atoms in total. The summed E-state index contributed by atoms with van der Waals surface area (Å²) in [6.07, 6.45) is 0.323. The molecule has 2 aromatic rings. The molecule has 21 heavy (non-hydrogen) atoms. The van der Waals surface area contributed by atoms with Gasteiger partial charge in [0, 0.05) is 10.2 Å². The maximum Gasteiger partial charge on any atom is 0.258 e. The number of carbonyl (C=O) groups excluding carboxylic acids is 1. The van der Waals surface area contributed by atoms with Crippen LogP contribution in [0, 0.1) is 6.92 Å². The second kappa shape index (κ2) is 6.00. The van der Waals surface area contributed by atoms with E-state index in [1.54, 1.807) is 0 Å². The second-order valence-electron chi connectivity index (χ2n) is 5.15. The minimum absolute atomic E-state index is 0.122. The van der Waals surface area contributed by atoms with Gasteiger partial charge in [0.1, 0.15) is 0 Å². The van der Waals surface area contributed by atoms with Gasteiger partial charge in [0.2, 0.25) is 0 Å². The van der Waals surface area contributed by atoms with Gasteiger partial charge in [-0.3, -0.25) is 4.79 Å². The van der Waals surface area contributed by atoms with Gasteiger partial charge in [-0.1, -0.05) is 46.3 Å². The van der Waals surface area contributed by atoms with Crippen molar-refractivity contribution in [3.05, 3.63) is 63.6 Å². The van der Waals surface area contributed by atoms with Crippen LogP contribution in [0.5, 0.6) is 0 Å². The third kappa shape index (κ3) is 3.01. The van der Waals surface area contributed by atoms with E-state index in [4.69, 9.17) is 4.74 Å². The zero-order chi connectivity index (χ0) is 14.8. The first-order chi connectivity index (χ1) is 10.1. The highest BCUT2D eigenvalue weighted by molar-refractivity contribution is 9.10. The van der Waals surface area contributed by atoms with Crippen molar-refractivity contribution in [1.82, 2.24) is 0 Å². The molecule has 108 valence electrons. The zero-order valence-electron chi connectivity index (χ0n) is 11.7. The van der Waals surface area contributed by atoms with E-state index in [1.807, 2.05) is 43.3 Å². The van der Waals surface area contributed by atoms with Crippen molar-refractivity contribution in [1.29, 1.82) is 0 Å². The Morgan fingerprint density at radius 3 is 2.95 bits per heavy atom. The first-order valence-electron chi connectivity index (χ1n) is 6.91. The highest BCUT2D eigenvalue weighted by Crippen LogP contribution is 2.29. The lowest BCUT2D eigenvalue weighted by molar-refractivity contribution is -0.128. The Morgan fingerprint density at radius 2 is 2.10 bits per heavy atom. The average Bonchev–Trinajstić information content (AvgIpc) is 2.50. The minimum atomic E-state index is -0.534. The molecule has 3 rings (SSSR count). The van der Waals surface area contributed by atoms with Gasteiger partial charge in [0.15, 0.2) is 6.10 Å². The van der Waals surface area contributed by atoms with E-state index in [-0.39, 0.29) is 5.91 Å². The number of rotatable bonds is 2. The Morgan fingerprint density at radius 1 is 1.29 bits per heavy atom. The number of aryl methyl sites for hydroxylation is 1. The zero-order valence-corrected chi connectivity index (χ0v) is 13.3. The van der Waals surface area contributed by atoms with Crippen LogP contribution < -0.4 is 5.32 Å². The number of hydrogen-bond donors (Lipinski definition) is 1. The molecule has 1 aliphatic heterocycles. The van der Waals surface area contributed by atoms with E-state index in [9.17, 15) is 4.79 Å². The van der Waals surface area contributed by atoms with Crippen molar-refractivity contribution >= 4 is 27.5 Å². The summed E-state index contributed by atoms with van der Waals surface area (Å²) in [5, 5.41) is 2.97. The van der Waals surface area contributed by atoms with Crippen LogP contribution in [0.25, 0.3) is 0 Å². The van der Waals surface area contributed by atoms with Gasteiger partial charge < -0.3 is 10.1 Å². The fraction of sp³-hybridized carbons (Fsp3) is 0.235. The third-order valence-corrected chi connectivity index (χ3v) is 4.18. The molecule has 1 heterocycles. The van der Waals surface area contributed by atoms with Crippen LogP contribution in [0.15, 0.2) is 46.9 Å². The molecule has 1 atom stereocenters. The second-order valence-corrected chi connectivity index (χ2v) is 6.06. The number of amides is 1. The predicted octanol–water partition coefficient (Wildman–Crippen LogP) is 4.01. The topological polar surface area (TPSA) is 38.3 Å². The Kier molecular flexibility index (Phi) is 4.08. The maximum absolute atomic E-state index is 12.5. The van der Waals surface area contributed by atoms with E-state index in [0.717, 1.165) is 27.7 Å². The lowest BCUT2D eigenvalue weighted by Gasteiger charge is -2.25. The Bertz CT molecular complexity index is 684.